The first-order valence-corrected chi connectivity index (χ1v) is 11.7. The lowest BCUT2D eigenvalue weighted by molar-refractivity contribution is 0.599. The average Bonchev–Trinajstić information content (AvgIpc) is 2.46. The van der Waals surface area contributed by atoms with Gasteiger partial charge in [-0.1, -0.05) is 65.9 Å². The van der Waals surface area contributed by atoms with Crippen molar-refractivity contribution in [2.45, 2.75) is 20.0 Å². The van der Waals surface area contributed by atoms with E-state index < -0.39 is 17.4 Å². The zero-order valence-corrected chi connectivity index (χ0v) is 14.6. The molecule has 20 heavy (non-hydrogen) atoms. The Kier molecular flexibility index (Phi) is 4.75. The number of benzene rings is 2. The summed E-state index contributed by atoms with van der Waals surface area (Å²) in [4.78, 5) is 0. The lowest BCUT2D eigenvalue weighted by Gasteiger charge is -2.35. The van der Waals surface area contributed by atoms with Crippen LogP contribution >= 0.6 is 0 Å². The smallest absolute Gasteiger partial charge is 0.273 e. The summed E-state index contributed by atoms with van der Waals surface area (Å²) in [5.74, 6) is 0. The number of rotatable bonds is 5. The van der Waals surface area contributed by atoms with Crippen molar-refractivity contribution in [1.29, 1.82) is 0 Å². The predicted octanol–water partition coefficient (Wildman–Crippen LogP) is 2.86. The van der Waals surface area contributed by atoms with Crippen LogP contribution in [-0.2, 0) is 4.12 Å². The lowest BCUT2D eigenvalue weighted by atomic mass is 10.4. The highest BCUT2D eigenvalue weighted by molar-refractivity contribution is 7.05. The van der Waals surface area contributed by atoms with E-state index >= 15 is 0 Å². The first-order valence-electron chi connectivity index (χ1n) is 7.02. The summed E-state index contributed by atoms with van der Waals surface area (Å²) >= 11 is 0. The molecule has 0 fully saturated rings. The fraction of sp³-hybridized carbons (Fsp3) is 0.176. The van der Waals surface area contributed by atoms with Crippen molar-refractivity contribution in [2.24, 2.45) is 0 Å². The zero-order chi connectivity index (χ0) is 14.6. The van der Waals surface area contributed by atoms with Crippen LogP contribution < -0.4 is 10.4 Å². The van der Waals surface area contributed by atoms with Gasteiger partial charge in [0.2, 0.25) is 0 Å². The van der Waals surface area contributed by atoms with Crippen LogP contribution in [0.15, 0.2) is 72.4 Å². The molecule has 0 aromatic heterocycles. The number of hydrogen-bond acceptors (Lipinski definition) is 1. The monoisotopic (exact) mass is 298 g/mol. The van der Waals surface area contributed by atoms with Crippen LogP contribution in [0.4, 0.5) is 0 Å². The van der Waals surface area contributed by atoms with Gasteiger partial charge in [-0.25, -0.2) is 0 Å². The fourth-order valence-electron chi connectivity index (χ4n) is 2.60. The number of hydrogen-bond donors (Lipinski definition) is 0. The largest absolute Gasteiger partial charge is 0.449 e. The van der Waals surface area contributed by atoms with Gasteiger partial charge in [-0.3, -0.25) is 0 Å². The van der Waals surface area contributed by atoms with Crippen LogP contribution in [-0.4, -0.2) is 17.4 Å². The first kappa shape index (κ1) is 15.0. The standard InChI is InChI=1S/C17H22OSi2/c1-15(2)20(18-19(3)4,16-11-7-5-8-12-16)17-13-9-6-10-14-17/h5-14,19H,1H2,2-4H3. The maximum atomic E-state index is 6.65. The quantitative estimate of drug-likeness (QED) is 0.771. The molecule has 1 nitrogen and oxygen atoms in total. The molecule has 0 amide bonds. The van der Waals surface area contributed by atoms with Gasteiger partial charge in [0.15, 0.2) is 9.04 Å². The van der Waals surface area contributed by atoms with Crippen LogP contribution in [0.3, 0.4) is 0 Å². The van der Waals surface area contributed by atoms with E-state index in [1.165, 1.54) is 10.4 Å². The third-order valence-corrected chi connectivity index (χ3v) is 10.2. The summed E-state index contributed by atoms with van der Waals surface area (Å²) in [7, 11) is -3.51. The van der Waals surface area contributed by atoms with Gasteiger partial charge in [0.25, 0.3) is 8.32 Å². The molecule has 0 unspecified atom stereocenters. The molecule has 2 aromatic rings. The van der Waals surface area contributed by atoms with E-state index in [2.05, 4.69) is 87.3 Å². The molecule has 0 aliphatic heterocycles. The van der Waals surface area contributed by atoms with Crippen molar-refractivity contribution < 1.29 is 4.12 Å². The summed E-state index contributed by atoms with van der Waals surface area (Å²) in [6, 6.07) is 21.2. The summed E-state index contributed by atoms with van der Waals surface area (Å²) in [6.07, 6.45) is 0. The Morgan fingerprint density at radius 2 is 1.30 bits per heavy atom. The van der Waals surface area contributed by atoms with Gasteiger partial charge in [0.1, 0.15) is 0 Å². The van der Waals surface area contributed by atoms with Gasteiger partial charge >= 0.3 is 0 Å². The van der Waals surface area contributed by atoms with Crippen LogP contribution in [0.5, 0.6) is 0 Å². The van der Waals surface area contributed by atoms with Gasteiger partial charge < -0.3 is 4.12 Å². The molecule has 0 spiro atoms. The molecule has 3 heteroatoms. The number of allylic oxidation sites excluding steroid dienone is 1. The molecule has 2 rings (SSSR count). The molecule has 0 radical (unpaired) electrons. The van der Waals surface area contributed by atoms with Crippen molar-refractivity contribution in [3.05, 3.63) is 72.4 Å². The van der Waals surface area contributed by atoms with Crippen molar-refractivity contribution in [1.82, 2.24) is 0 Å². The van der Waals surface area contributed by atoms with E-state index in [-0.39, 0.29) is 0 Å². The van der Waals surface area contributed by atoms with Gasteiger partial charge in [-0.2, -0.15) is 0 Å². The molecule has 0 bridgehead atoms. The predicted molar refractivity (Wildman–Crippen MR) is 92.7 cm³/mol. The molecule has 0 aliphatic carbocycles. The molecular formula is C17H22OSi2. The average molecular weight is 299 g/mol. The second-order valence-corrected chi connectivity index (χ2v) is 11.8. The van der Waals surface area contributed by atoms with Crippen molar-refractivity contribution in [3.8, 4) is 0 Å². The topological polar surface area (TPSA) is 9.23 Å². The molecule has 104 valence electrons. The Balaban J connectivity index is 2.66. The Labute approximate surface area is 124 Å². The Morgan fingerprint density at radius 3 is 1.60 bits per heavy atom. The van der Waals surface area contributed by atoms with Gasteiger partial charge in [-0.05, 0) is 30.4 Å². The van der Waals surface area contributed by atoms with E-state index in [9.17, 15) is 0 Å². The van der Waals surface area contributed by atoms with Crippen molar-refractivity contribution in [2.75, 3.05) is 0 Å². The maximum absolute atomic E-state index is 6.65. The second-order valence-electron chi connectivity index (χ2n) is 5.36. The molecular weight excluding hydrogens is 276 g/mol. The van der Waals surface area contributed by atoms with Gasteiger partial charge in [-0.15, -0.1) is 6.58 Å². The van der Waals surface area contributed by atoms with Crippen molar-refractivity contribution in [3.63, 3.8) is 0 Å². The second kappa shape index (κ2) is 6.35. The molecule has 2 aromatic carbocycles. The van der Waals surface area contributed by atoms with Gasteiger partial charge in [0, 0.05) is 0 Å². The molecule has 0 saturated carbocycles. The van der Waals surface area contributed by atoms with E-state index in [0.29, 0.717) is 0 Å². The minimum atomic E-state index is -2.32. The normalized spacial score (nSPS) is 11.6. The van der Waals surface area contributed by atoms with E-state index in [1.807, 2.05) is 0 Å². The Morgan fingerprint density at radius 1 is 0.900 bits per heavy atom. The van der Waals surface area contributed by atoms with Crippen LogP contribution in [0.1, 0.15) is 6.92 Å². The third kappa shape index (κ3) is 2.85. The van der Waals surface area contributed by atoms with Crippen molar-refractivity contribution >= 4 is 27.7 Å². The summed E-state index contributed by atoms with van der Waals surface area (Å²) in [5.41, 5.74) is 0. The highest BCUT2D eigenvalue weighted by atomic mass is 28.4. The SMILES string of the molecule is C=C(C)[Si](O[SiH](C)C)(c1ccccc1)c1ccccc1. The van der Waals surface area contributed by atoms with E-state index in [1.54, 1.807) is 0 Å². The first-order chi connectivity index (χ1) is 9.57. The summed E-state index contributed by atoms with van der Waals surface area (Å²) in [6.45, 7) is 10.9. The van der Waals surface area contributed by atoms with Crippen LogP contribution in [0.25, 0.3) is 0 Å². The minimum Gasteiger partial charge on any atom is -0.449 e. The summed E-state index contributed by atoms with van der Waals surface area (Å²) in [5, 5.41) is 3.75. The summed E-state index contributed by atoms with van der Waals surface area (Å²) < 4.78 is 6.65. The molecule has 0 N–H and O–H groups in total. The van der Waals surface area contributed by atoms with Crippen LogP contribution in [0, 0.1) is 0 Å². The molecule has 0 aliphatic rings. The van der Waals surface area contributed by atoms with Gasteiger partial charge in [0.05, 0.1) is 0 Å². The van der Waals surface area contributed by atoms with E-state index in [4.69, 9.17) is 4.12 Å². The third-order valence-electron chi connectivity index (χ3n) is 3.37. The molecule has 0 atom stereocenters. The Bertz CT molecular complexity index is 525. The highest BCUT2D eigenvalue weighted by Crippen LogP contribution is 2.17. The zero-order valence-electron chi connectivity index (χ0n) is 12.5. The van der Waals surface area contributed by atoms with E-state index in [0.717, 1.165) is 5.20 Å². The Hall–Kier alpha value is -1.43. The molecule has 0 heterocycles. The van der Waals surface area contributed by atoms with Crippen LogP contribution in [0.2, 0.25) is 13.1 Å². The highest BCUT2D eigenvalue weighted by Gasteiger charge is 2.41. The lowest BCUT2D eigenvalue weighted by Crippen LogP contribution is -2.63. The minimum absolute atomic E-state index is 1.16. The fourth-order valence-corrected chi connectivity index (χ4v) is 9.96. The maximum Gasteiger partial charge on any atom is 0.273 e. The molecule has 0 saturated heterocycles.